The van der Waals surface area contributed by atoms with Crippen LogP contribution in [0.4, 0.5) is 0 Å². The minimum atomic E-state index is -0.564. The van der Waals surface area contributed by atoms with Crippen LogP contribution < -0.4 is 5.73 Å². The first kappa shape index (κ1) is 11.4. The van der Waals surface area contributed by atoms with Gasteiger partial charge in [0.05, 0.1) is 9.08 Å². The van der Waals surface area contributed by atoms with Gasteiger partial charge in [0.25, 0.3) is 0 Å². The molecule has 13 heavy (non-hydrogen) atoms. The molecule has 0 fully saturated rings. The summed E-state index contributed by atoms with van der Waals surface area (Å²) < 4.78 is 1.08. The van der Waals surface area contributed by atoms with Gasteiger partial charge in [-0.05, 0) is 22.6 Å². The van der Waals surface area contributed by atoms with E-state index in [2.05, 4.69) is 27.6 Å². The molecule has 0 aliphatic rings. The summed E-state index contributed by atoms with van der Waals surface area (Å²) in [5, 5.41) is 10.7. The molecule has 0 amide bonds. The predicted molar refractivity (Wildman–Crippen MR) is 62.6 cm³/mol. The molecular weight excluding hydrogens is 299 g/mol. The molecule has 3 nitrogen and oxygen atoms in total. The van der Waals surface area contributed by atoms with Crippen LogP contribution in [0.25, 0.3) is 0 Å². The molecule has 0 radical (unpaired) electrons. The Hall–Kier alpha value is 0.280. The highest BCUT2D eigenvalue weighted by Gasteiger charge is 2.29. The SMILES string of the molecule is CC(C)(CN)C(O)c1ncc(I)s1. The molecule has 1 aromatic rings. The topological polar surface area (TPSA) is 59.1 Å². The molecule has 1 atom stereocenters. The van der Waals surface area contributed by atoms with Crippen LogP contribution in [0, 0.1) is 8.30 Å². The second kappa shape index (κ2) is 4.20. The average Bonchev–Trinajstić information content (AvgIpc) is 2.50. The summed E-state index contributed by atoms with van der Waals surface area (Å²) >= 11 is 3.70. The number of thiazole rings is 1. The Labute approximate surface area is 95.5 Å². The van der Waals surface area contributed by atoms with Crippen LogP contribution in [0.1, 0.15) is 25.0 Å². The molecule has 0 saturated heterocycles. The van der Waals surface area contributed by atoms with Crippen LogP contribution in [0.15, 0.2) is 6.20 Å². The normalized spacial score (nSPS) is 14.5. The molecule has 1 unspecified atom stereocenters. The molecular formula is C8H13IN2OS. The van der Waals surface area contributed by atoms with Gasteiger partial charge in [-0.3, -0.25) is 0 Å². The Morgan fingerprint density at radius 1 is 1.77 bits per heavy atom. The number of hydrogen-bond donors (Lipinski definition) is 2. The maximum Gasteiger partial charge on any atom is 0.123 e. The van der Waals surface area contributed by atoms with Crippen molar-refractivity contribution in [2.75, 3.05) is 6.54 Å². The lowest BCUT2D eigenvalue weighted by molar-refractivity contribution is 0.0553. The zero-order valence-corrected chi connectivity index (χ0v) is 10.6. The van der Waals surface area contributed by atoms with Crippen molar-refractivity contribution < 1.29 is 5.11 Å². The van der Waals surface area contributed by atoms with Crippen molar-refractivity contribution in [1.29, 1.82) is 0 Å². The summed E-state index contributed by atoms with van der Waals surface area (Å²) in [6.07, 6.45) is 1.20. The van der Waals surface area contributed by atoms with Crippen LogP contribution in [0.5, 0.6) is 0 Å². The van der Waals surface area contributed by atoms with Crippen molar-refractivity contribution in [2.45, 2.75) is 20.0 Å². The zero-order chi connectivity index (χ0) is 10.1. The van der Waals surface area contributed by atoms with E-state index in [1.165, 1.54) is 11.3 Å². The van der Waals surface area contributed by atoms with Gasteiger partial charge >= 0.3 is 0 Å². The molecule has 1 rings (SSSR count). The number of hydrogen-bond acceptors (Lipinski definition) is 4. The van der Waals surface area contributed by atoms with E-state index in [9.17, 15) is 5.11 Å². The molecule has 0 aliphatic carbocycles. The quantitative estimate of drug-likeness (QED) is 0.836. The molecule has 74 valence electrons. The predicted octanol–water partition coefficient (Wildman–Crippen LogP) is 1.77. The number of aromatic nitrogens is 1. The van der Waals surface area contributed by atoms with Crippen LogP contribution in [0.2, 0.25) is 0 Å². The van der Waals surface area contributed by atoms with E-state index in [-0.39, 0.29) is 5.41 Å². The first-order chi connectivity index (χ1) is 5.97. The molecule has 3 N–H and O–H groups in total. The number of aliphatic hydroxyl groups is 1. The molecule has 5 heteroatoms. The molecule has 0 aliphatic heterocycles. The third-order valence-corrected chi connectivity index (χ3v) is 3.77. The first-order valence-corrected chi connectivity index (χ1v) is 5.86. The third kappa shape index (κ3) is 2.61. The van der Waals surface area contributed by atoms with E-state index in [1.807, 2.05) is 13.8 Å². The van der Waals surface area contributed by atoms with Crippen LogP contribution in [-0.2, 0) is 0 Å². The molecule has 0 bridgehead atoms. The fourth-order valence-electron chi connectivity index (χ4n) is 0.839. The van der Waals surface area contributed by atoms with Crippen molar-refractivity contribution in [3.05, 3.63) is 14.1 Å². The minimum absolute atomic E-state index is 0.305. The van der Waals surface area contributed by atoms with Gasteiger partial charge in [0, 0.05) is 12.0 Å². The van der Waals surface area contributed by atoms with E-state index in [4.69, 9.17) is 5.73 Å². The maximum atomic E-state index is 9.93. The Morgan fingerprint density at radius 3 is 2.77 bits per heavy atom. The second-order valence-electron chi connectivity index (χ2n) is 3.60. The minimum Gasteiger partial charge on any atom is -0.385 e. The summed E-state index contributed by atoms with van der Waals surface area (Å²) in [5.74, 6) is 0. The van der Waals surface area contributed by atoms with Crippen molar-refractivity contribution in [2.24, 2.45) is 11.1 Å². The van der Waals surface area contributed by atoms with Gasteiger partial charge < -0.3 is 10.8 Å². The average molecular weight is 312 g/mol. The molecule has 1 aromatic heterocycles. The van der Waals surface area contributed by atoms with Gasteiger partial charge in [-0.15, -0.1) is 11.3 Å². The Balaban J connectivity index is 2.84. The summed E-state index contributed by atoms with van der Waals surface area (Å²) in [6.45, 7) is 4.32. The molecule has 0 saturated carbocycles. The van der Waals surface area contributed by atoms with Crippen LogP contribution in [0.3, 0.4) is 0 Å². The highest BCUT2D eigenvalue weighted by molar-refractivity contribution is 14.1. The highest BCUT2D eigenvalue weighted by atomic mass is 127. The first-order valence-electron chi connectivity index (χ1n) is 3.97. The van der Waals surface area contributed by atoms with Crippen molar-refractivity contribution in [1.82, 2.24) is 4.98 Å². The number of rotatable bonds is 3. The Bertz CT molecular complexity index is 287. The standard InChI is InChI=1S/C8H13IN2OS/c1-8(2,4-10)6(12)7-11-3-5(9)13-7/h3,6,12H,4,10H2,1-2H3. The number of aliphatic hydroxyl groups excluding tert-OH is 1. The van der Waals surface area contributed by atoms with Crippen molar-refractivity contribution in [3.63, 3.8) is 0 Å². The molecule has 0 spiro atoms. The van der Waals surface area contributed by atoms with Crippen LogP contribution >= 0.6 is 33.9 Å². The number of halogens is 1. The maximum absolute atomic E-state index is 9.93. The monoisotopic (exact) mass is 312 g/mol. The zero-order valence-electron chi connectivity index (χ0n) is 7.62. The van der Waals surface area contributed by atoms with E-state index in [0.717, 1.165) is 7.89 Å². The number of nitrogens with zero attached hydrogens (tertiary/aromatic N) is 1. The molecule has 1 heterocycles. The van der Waals surface area contributed by atoms with Gasteiger partial charge in [-0.1, -0.05) is 13.8 Å². The largest absolute Gasteiger partial charge is 0.385 e. The summed E-state index contributed by atoms with van der Waals surface area (Å²) in [4.78, 5) is 4.14. The lowest BCUT2D eigenvalue weighted by Gasteiger charge is -2.27. The Kier molecular flexibility index (Phi) is 3.67. The summed E-state index contributed by atoms with van der Waals surface area (Å²) in [6, 6.07) is 0. The van der Waals surface area contributed by atoms with Gasteiger partial charge in [0.1, 0.15) is 11.1 Å². The van der Waals surface area contributed by atoms with E-state index < -0.39 is 6.10 Å². The smallest absolute Gasteiger partial charge is 0.123 e. The lowest BCUT2D eigenvalue weighted by atomic mass is 9.87. The van der Waals surface area contributed by atoms with Gasteiger partial charge in [0.15, 0.2) is 0 Å². The van der Waals surface area contributed by atoms with E-state index >= 15 is 0 Å². The van der Waals surface area contributed by atoms with Crippen molar-refractivity contribution >= 4 is 33.9 Å². The fourth-order valence-corrected chi connectivity index (χ4v) is 2.50. The number of nitrogens with two attached hydrogens (primary N) is 1. The van der Waals surface area contributed by atoms with Crippen LogP contribution in [-0.4, -0.2) is 16.6 Å². The third-order valence-electron chi connectivity index (χ3n) is 2.00. The fraction of sp³-hybridized carbons (Fsp3) is 0.625. The Morgan fingerprint density at radius 2 is 2.38 bits per heavy atom. The lowest BCUT2D eigenvalue weighted by Crippen LogP contribution is -2.30. The van der Waals surface area contributed by atoms with E-state index in [0.29, 0.717) is 6.54 Å². The second-order valence-corrected chi connectivity index (χ2v) is 6.55. The summed E-state index contributed by atoms with van der Waals surface area (Å²) in [7, 11) is 0. The van der Waals surface area contributed by atoms with Gasteiger partial charge in [-0.2, -0.15) is 0 Å². The van der Waals surface area contributed by atoms with E-state index in [1.54, 1.807) is 6.20 Å². The molecule has 0 aromatic carbocycles. The summed E-state index contributed by atoms with van der Waals surface area (Å²) in [5.41, 5.74) is 5.26. The van der Waals surface area contributed by atoms with Crippen molar-refractivity contribution in [3.8, 4) is 0 Å². The van der Waals surface area contributed by atoms with Gasteiger partial charge in [0.2, 0.25) is 0 Å². The highest BCUT2D eigenvalue weighted by Crippen LogP contribution is 2.34. The van der Waals surface area contributed by atoms with Gasteiger partial charge in [-0.25, -0.2) is 4.98 Å².